The second-order valence-corrected chi connectivity index (χ2v) is 11.7. The highest BCUT2D eigenvalue weighted by molar-refractivity contribution is 9.10. The molecule has 13 heteroatoms. The van der Waals surface area contributed by atoms with Gasteiger partial charge >= 0.3 is 6.18 Å². The molecule has 1 fully saturated rings. The summed E-state index contributed by atoms with van der Waals surface area (Å²) in [4.78, 5) is 8.93. The van der Waals surface area contributed by atoms with Gasteiger partial charge in [0.25, 0.3) is 0 Å². The van der Waals surface area contributed by atoms with Crippen LogP contribution in [0.4, 0.5) is 22.0 Å². The molecule has 1 N–H and O–H groups in total. The smallest absolute Gasteiger partial charge is 0.421 e. The van der Waals surface area contributed by atoms with Gasteiger partial charge in [0.2, 0.25) is 5.88 Å². The summed E-state index contributed by atoms with van der Waals surface area (Å²) in [5.41, 5.74) is 0.305. The van der Waals surface area contributed by atoms with Gasteiger partial charge in [-0.15, -0.1) is 0 Å². The van der Waals surface area contributed by atoms with E-state index in [1.54, 1.807) is 17.6 Å². The Morgan fingerprint density at radius 2 is 2.00 bits per heavy atom. The average molecular weight is 672 g/mol. The van der Waals surface area contributed by atoms with Crippen molar-refractivity contribution in [3.05, 3.63) is 85.2 Å². The highest BCUT2D eigenvalue weighted by atomic mass is 79.9. The molecule has 222 valence electrons. The van der Waals surface area contributed by atoms with Crippen molar-refractivity contribution in [2.24, 2.45) is 0 Å². The molecule has 2 aromatic heterocycles. The van der Waals surface area contributed by atoms with E-state index in [0.717, 1.165) is 12.5 Å². The van der Waals surface area contributed by atoms with Crippen LogP contribution in [0.15, 0.2) is 34.8 Å². The number of ether oxygens (including phenoxy) is 2. The molecule has 0 aliphatic carbocycles. The van der Waals surface area contributed by atoms with Crippen LogP contribution in [-0.4, -0.2) is 33.8 Å². The molecular weight excluding hydrogens is 647 g/mol. The highest BCUT2D eigenvalue weighted by Gasteiger charge is 2.43. The molecule has 6 nitrogen and oxygen atoms in total. The van der Waals surface area contributed by atoms with E-state index in [4.69, 9.17) is 21.1 Å². The van der Waals surface area contributed by atoms with Crippen molar-refractivity contribution in [2.75, 3.05) is 13.2 Å². The predicted octanol–water partition coefficient (Wildman–Crippen LogP) is 7.31. The van der Waals surface area contributed by atoms with Crippen LogP contribution in [0.1, 0.15) is 53.0 Å². The topological polar surface area (TPSA) is 61.2 Å². The lowest BCUT2D eigenvalue weighted by Gasteiger charge is -2.30. The molecular formula is C29H25BrClF5N4O2. The molecule has 1 saturated heterocycles. The molecule has 2 aromatic carbocycles. The SMILES string of the molecule is CC(c1c2c(nc(OCc3ccc(Cl)cc3F)c1C(F)(F)F)CNCC2)c1nc2ccc(Br)c(F)c2n1C[C@@H]1CCO1. The standard InChI is InChI=1S/C29H25BrClF5N4O2/c1-14(27-38-21-5-4-19(30)25(33)26(21)40(27)12-17-7-9-41-17)23-18-6-8-37-11-22(18)39-28(24(23)29(34,35)36)42-13-15-2-3-16(31)10-20(15)32/h2-5,10,14,17,37H,6-9,11-13H2,1H3/t14?,17-/m0/s1. The number of nitrogens with one attached hydrogen (secondary N) is 1. The third-order valence-corrected chi connectivity index (χ3v) is 8.58. The third kappa shape index (κ3) is 5.38. The first-order valence-electron chi connectivity index (χ1n) is 13.4. The molecule has 0 saturated carbocycles. The fourth-order valence-electron chi connectivity index (χ4n) is 5.61. The fraction of sp³-hybridized carbons (Fsp3) is 0.379. The van der Waals surface area contributed by atoms with Gasteiger partial charge in [-0.3, -0.25) is 0 Å². The van der Waals surface area contributed by atoms with E-state index in [-0.39, 0.29) is 51.2 Å². The van der Waals surface area contributed by atoms with Crippen molar-refractivity contribution < 1.29 is 31.4 Å². The summed E-state index contributed by atoms with van der Waals surface area (Å²) in [5.74, 6) is -2.57. The van der Waals surface area contributed by atoms with Crippen LogP contribution in [0, 0.1) is 11.6 Å². The number of fused-ring (bicyclic) bond motifs is 2. The minimum atomic E-state index is -4.87. The van der Waals surface area contributed by atoms with Gasteiger partial charge in [-0.05, 0) is 70.7 Å². The zero-order chi connectivity index (χ0) is 29.8. The van der Waals surface area contributed by atoms with Crippen molar-refractivity contribution >= 4 is 38.6 Å². The Kier molecular flexibility index (Phi) is 7.92. The molecule has 1 unspecified atom stereocenters. The number of nitrogens with zero attached hydrogens (tertiary/aromatic N) is 3. The molecule has 42 heavy (non-hydrogen) atoms. The van der Waals surface area contributed by atoms with E-state index in [1.807, 2.05) is 0 Å². The van der Waals surface area contributed by atoms with Crippen LogP contribution in [0.2, 0.25) is 5.02 Å². The number of hydrogen-bond acceptors (Lipinski definition) is 5. The number of halogens is 7. The van der Waals surface area contributed by atoms with E-state index in [9.17, 15) is 17.6 Å². The van der Waals surface area contributed by atoms with E-state index < -0.39 is 41.8 Å². The first kappa shape index (κ1) is 29.3. The van der Waals surface area contributed by atoms with Crippen molar-refractivity contribution in [1.29, 1.82) is 0 Å². The number of rotatable bonds is 7. The quantitative estimate of drug-likeness (QED) is 0.209. The van der Waals surface area contributed by atoms with E-state index in [1.165, 1.54) is 18.2 Å². The second kappa shape index (κ2) is 11.4. The summed E-state index contributed by atoms with van der Waals surface area (Å²) < 4.78 is 87.9. The maximum absolute atomic E-state index is 15.4. The lowest BCUT2D eigenvalue weighted by molar-refractivity contribution is -0.140. The van der Waals surface area contributed by atoms with Gasteiger partial charge in [-0.2, -0.15) is 13.2 Å². The normalized spacial score (nSPS) is 17.7. The Morgan fingerprint density at radius 3 is 2.69 bits per heavy atom. The maximum Gasteiger partial charge on any atom is 0.421 e. The second-order valence-electron chi connectivity index (χ2n) is 10.4. The summed E-state index contributed by atoms with van der Waals surface area (Å²) in [6.07, 6.45) is -4.04. The molecule has 4 heterocycles. The first-order valence-corrected chi connectivity index (χ1v) is 14.6. The largest absolute Gasteiger partial charge is 0.472 e. The molecule has 2 aliphatic rings. The number of benzene rings is 2. The molecule has 0 spiro atoms. The predicted molar refractivity (Wildman–Crippen MR) is 150 cm³/mol. The third-order valence-electron chi connectivity index (χ3n) is 7.73. The molecule has 4 aromatic rings. The van der Waals surface area contributed by atoms with Crippen molar-refractivity contribution in [1.82, 2.24) is 19.9 Å². The van der Waals surface area contributed by atoms with Crippen LogP contribution < -0.4 is 10.1 Å². The van der Waals surface area contributed by atoms with Gasteiger partial charge in [0.1, 0.15) is 29.3 Å². The van der Waals surface area contributed by atoms with Gasteiger partial charge in [-0.1, -0.05) is 24.6 Å². The van der Waals surface area contributed by atoms with Crippen LogP contribution >= 0.6 is 27.5 Å². The number of alkyl halides is 3. The number of pyridine rings is 1. The number of aromatic nitrogens is 3. The Hall–Kier alpha value is -2.80. The molecule has 0 radical (unpaired) electrons. The average Bonchev–Trinajstić information content (AvgIpc) is 3.29. The monoisotopic (exact) mass is 670 g/mol. The fourth-order valence-corrected chi connectivity index (χ4v) is 6.08. The Balaban J connectivity index is 1.52. The van der Waals surface area contributed by atoms with Gasteiger partial charge in [0, 0.05) is 29.7 Å². The van der Waals surface area contributed by atoms with Crippen molar-refractivity contribution in [3.63, 3.8) is 0 Å². The highest BCUT2D eigenvalue weighted by Crippen LogP contribution is 2.46. The Labute approximate surface area is 251 Å². The van der Waals surface area contributed by atoms with Gasteiger partial charge in [0.05, 0.1) is 28.3 Å². The maximum atomic E-state index is 15.4. The van der Waals surface area contributed by atoms with Crippen LogP contribution in [0.5, 0.6) is 5.88 Å². The zero-order valence-electron chi connectivity index (χ0n) is 22.3. The van der Waals surface area contributed by atoms with Gasteiger partial charge in [0.15, 0.2) is 5.82 Å². The van der Waals surface area contributed by atoms with Gasteiger partial charge < -0.3 is 19.4 Å². The molecule has 2 atom stereocenters. The molecule has 2 aliphatic heterocycles. The van der Waals surface area contributed by atoms with E-state index in [0.29, 0.717) is 36.3 Å². The number of hydrogen-bond donors (Lipinski definition) is 1. The van der Waals surface area contributed by atoms with Gasteiger partial charge in [-0.25, -0.2) is 18.7 Å². The zero-order valence-corrected chi connectivity index (χ0v) is 24.6. The first-order chi connectivity index (χ1) is 20.0. The van der Waals surface area contributed by atoms with Crippen LogP contribution in [0.25, 0.3) is 11.0 Å². The van der Waals surface area contributed by atoms with E-state index in [2.05, 4.69) is 31.2 Å². The molecule has 0 bridgehead atoms. The minimum absolute atomic E-state index is 0.0307. The van der Waals surface area contributed by atoms with E-state index >= 15 is 4.39 Å². The minimum Gasteiger partial charge on any atom is -0.472 e. The Morgan fingerprint density at radius 1 is 1.21 bits per heavy atom. The number of imidazole rings is 1. The lowest BCUT2D eigenvalue weighted by atomic mass is 9.87. The summed E-state index contributed by atoms with van der Waals surface area (Å²) >= 11 is 9.05. The summed E-state index contributed by atoms with van der Waals surface area (Å²) in [6.45, 7) is 2.62. The van der Waals surface area contributed by atoms with Crippen LogP contribution in [0.3, 0.4) is 0 Å². The summed E-state index contributed by atoms with van der Waals surface area (Å²) in [7, 11) is 0. The molecule has 6 rings (SSSR count). The van der Waals surface area contributed by atoms with Crippen molar-refractivity contribution in [2.45, 2.75) is 57.7 Å². The van der Waals surface area contributed by atoms with Crippen LogP contribution in [-0.2, 0) is 37.0 Å². The van der Waals surface area contributed by atoms with Crippen molar-refractivity contribution in [3.8, 4) is 5.88 Å². The Bertz CT molecular complexity index is 1670. The lowest BCUT2D eigenvalue weighted by Crippen LogP contribution is -2.32. The summed E-state index contributed by atoms with van der Waals surface area (Å²) in [5, 5.41) is 3.30. The summed E-state index contributed by atoms with van der Waals surface area (Å²) in [6, 6.07) is 7.00. The molecule has 0 amide bonds.